The number of hydrogen-bond donors (Lipinski definition) is 2. The van der Waals surface area contributed by atoms with Crippen LogP contribution in [0.3, 0.4) is 0 Å². The summed E-state index contributed by atoms with van der Waals surface area (Å²) >= 11 is 0. The molecule has 116 valence electrons. The van der Waals surface area contributed by atoms with Crippen molar-refractivity contribution in [2.24, 2.45) is 5.92 Å². The van der Waals surface area contributed by atoms with Crippen molar-refractivity contribution in [1.82, 2.24) is 10.2 Å². The molecule has 1 heterocycles. The van der Waals surface area contributed by atoms with E-state index in [2.05, 4.69) is 16.3 Å². The zero-order valence-electron chi connectivity index (χ0n) is 12.8. The molecule has 1 saturated carbocycles. The van der Waals surface area contributed by atoms with Gasteiger partial charge in [-0.25, -0.2) is 0 Å². The highest BCUT2D eigenvalue weighted by Gasteiger charge is 2.33. The Hall–Kier alpha value is -1.26. The third kappa shape index (κ3) is 3.16. The Morgan fingerprint density at radius 1 is 1.33 bits per heavy atom. The topological polar surface area (TPSA) is 44.7 Å². The van der Waals surface area contributed by atoms with E-state index in [-0.39, 0.29) is 5.75 Å². The average Bonchev–Trinajstić information content (AvgIpc) is 2.46. The molecule has 0 bridgehead atoms. The number of hydrogen-bond acceptors (Lipinski definition) is 4. The van der Waals surface area contributed by atoms with Crippen LogP contribution in [0.25, 0.3) is 0 Å². The standard InChI is InChI=1S/C17H26N2O2/c1-2-21-16-12-14(6-7-15(16)20)17(13-4-3-5-13)19-10-8-18-9-11-19/h6-7,12-13,17-18,20H,2-5,8-11H2,1H3/t17-/m0/s1. The van der Waals surface area contributed by atoms with E-state index in [1.807, 2.05) is 13.0 Å². The van der Waals surface area contributed by atoms with Gasteiger partial charge < -0.3 is 15.2 Å². The van der Waals surface area contributed by atoms with Gasteiger partial charge in [-0.3, -0.25) is 4.90 Å². The Balaban J connectivity index is 1.86. The molecule has 0 radical (unpaired) electrons. The Labute approximate surface area is 127 Å². The van der Waals surface area contributed by atoms with Crippen molar-refractivity contribution in [2.75, 3.05) is 32.8 Å². The van der Waals surface area contributed by atoms with Gasteiger partial charge in [0.15, 0.2) is 11.5 Å². The molecule has 1 aliphatic heterocycles. The summed E-state index contributed by atoms with van der Waals surface area (Å²) in [7, 11) is 0. The first kappa shape index (κ1) is 14.7. The summed E-state index contributed by atoms with van der Waals surface area (Å²) in [5, 5.41) is 13.3. The highest BCUT2D eigenvalue weighted by atomic mass is 16.5. The van der Waals surface area contributed by atoms with Crippen molar-refractivity contribution in [1.29, 1.82) is 0 Å². The fourth-order valence-corrected chi connectivity index (χ4v) is 3.48. The molecule has 1 aromatic rings. The van der Waals surface area contributed by atoms with E-state index in [1.165, 1.54) is 24.8 Å². The lowest BCUT2D eigenvalue weighted by atomic mass is 9.76. The number of ether oxygens (including phenoxy) is 1. The Kier molecular flexibility index (Phi) is 4.66. The molecule has 21 heavy (non-hydrogen) atoms. The normalized spacial score (nSPS) is 21.8. The summed E-state index contributed by atoms with van der Waals surface area (Å²) in [6.45, 7) is 6.88. The molecule has 1 atom stereocenters. The van der Waals surface area contributed by atoms with Crippen molar-refractivity contribution in [2.45, 2.75) is 32.2 Å². The average molecular weight is 290 g/mol. The van der Waals surface area contributed by atoms with E-state index >= 15 is 0 Å². The molecular formula is C17H26N2O2. The zero-order valence-corrected chi connectivity index (χ0v) is 12.8. The maximum atomic E-state index is 9.92. The first-order valence-corrected chi connectivity index (χ1v) is 8.20. The molecule has 0 amide bonds. The van der Waals surface area contributed by atoms with Crippen LogP contribution in [0.2, 0.25) is 0 Å². The van der Waals surface area contributed by atoms with Crippen LogP contribution in [0.5, 0.6) is 11.5 Å². The van der Waals surface area contributed by atoms with E-state index in [9.17, 15) is 5.11 Å². The number of nitrogens with zero attached hydrogens (tertiary/aromatic N) is 1. The second-order valence-corrected chi connectivity index (χ2v) is 6.08. The van der Waals surface area contributed by atoms with Gasteiger partial charge in [0.1, 0.15) is 0 Å². The van der Waals surface area contributed by atoms with Gasteiger partial charge in [-0.05, 0) is 43.4 Å². The number of rotatable bonds is 5. The molecule has 1 aromatic carbocycles. The maximum Gasteiger partial charge on any atom is 0.161 e. The fourth-order valence-electron chi connectivity index (χ4n) is 3.48. The smallest absolute Gasteiger partial charge is 0.161 e. The molecule has 0 unspecified atom stereocenters. The molecule has 1 aliphatic carbocycles. The third-order valence-corrected chi connectivity index (χ3v) is 4.77. The highest BCUT2D eigenvalue weighted by molar-refractivity contribution is 5.43. The molecule has 3 rings (SSSR count). The van der Waals surface area contributed by atoms with Gasteiger partial charge in [-0.15, -0.1) is 0 Å². The number of nitrogens with one attached hydrogen (secondary N) is 1. The van der Waals surface area contributed by atoms with Crippen LogP contribution in [0.15, 0.2) is 18.2 Å². The van der Waals surface area contributed by atoms with E-state index < -0.39 is 0 Å². The lowest BCUT2D eigenvalue weighted by molar-refractivity contribution is 0.0834. The molecule has 4 heteroatoms. The van der Waals surface area contributed by atoms with Gasteiger partial charge >= 0.3 is 0 Å². The van der Waals surface area contributed by atoms with E-state index in [4.69, 9.17) is 4.74 Å². The zero-order chi connectivity index (χ0) is 14.7. The largest absolute Gasteiger partial charge is 0.504 e. The van der Waals surface area contributed by atoms with Crippen LogP contribution in [0.4, 0.5) is 0 Å². The van der Waals surface area contributed by atoms with E-state index in [1.54, 1.807) is 6.07 Å². The summed E-state index contributed by atoms with van der Waals surface area (Å²) in [6.07, 6.45) is 3.99. The predicted octanol–water partition coefficient (Wildman–Crippen LogP) is 2.54. The van der Waals surface area contributed by atoms with E-state index in [0.717, 1.165) is 32.1 Å². The van der Waals surface area contributed by atoms with Crippen LogP contribution in [0, 0.1) is 5.92 Å². The van der Waals surface area contributed by atoms with Gasteiger partial charge in [-0.2, -0.15) is 0 Å². The summed E-state index contributed by atoms with van der Waals surface area (Å²) in [4.78, 5) is 2.60. The quantitative estimate of drug-likeness (QED) is 0.875. The van der Waals surface area contributed by atoms with Crippen molar-refractivity contribution in [3.8, 4) is 11.5 Å². The second kappa shape index (κ2) is 6.67. The molecule has 2 aliphatic rings. The summed E-state index contributed by atoms with van der Waals surface area (Å²) < 4.78 is 5.57. The van der Waals surface area contributed by atoms with Crippen molar-refractivity contribution >= 4 is 0 Å². The number of piperazine rings is 1. The van der Waals surface area contributed by atoms with Crippen LogP contribution >= 0.6 is 0 Å². The van der Waals surface area contributed by atoms with Crippen molar-refractivity contribution < 1.29 is 9.84 Å². The van der Waals surface area contributed by atoms with Gasteiger partial charge in [0.25, 0.3) is 0 Å². The Morgan fingerprint density at radius 3 is 2.71 bits per heavy atom. The van der Waals surface area contributed by atoms with E-state index in [0.29, 0.717) is 18.4 Å². The lowest BCUT2D eigenvalue weighted by Gasteiger charge is -2.43. The molecule has 2 fully saturated rings. The lowest BCUT2D eigenvalue weighted by Crippen LogP contribution is -2.47. The number of aromatic hydroxyl groups is 1. The number of phenolic OH excluding ortho intramolecular Hbond substituents is 1. The molecule has 2 N–H and O–H groups in total. The predicted molar refractivity (Wildman–Crippen MR) is 83.8 cm³/mol. The minimum atomic E-state index is 0.244. The van der Waals surface area contributed by atoms with Gasteiger partial charge in [0.2, 0.25) is 0 Å². The highest BCUT2D eigenvalue weighted by Crippen LogP contribution is 2.43. The van der Waals surface area contributed by atoms with Crippen LogP contribution in [0.1, 0.15) is 37.8 Å². The van der Waals surface area contributed by atoms with Gasteiger partial charge in [0.05, 0.1) is 6.61 Å². The van der Waals surface area contributed by atoms with Crippen LogP contribution < -0.4 is 10.1 Å². The molecule has 0 aromatic heterocycles. The molecule has 4 nitrogen and oxygen atoms in total. The minimum Gasteiger partial charge on any atom is -0.504 e. The van der Waals surface area contributed by atoms with Crippen LogP contribution in [-0.4, -0.2) is 42.8 Å². The Bertz CT molecular complexity index is 468. The summed E-state index contributed by atoms with van der Waals surface area (Å²) in [5.74, 6) is 1.62. The molecule has 1 saturated heterocycles. The minimum absolute atomic E-state index is 0.244. The number of benzene rings is 1. The fraction of sp³-hybridized carbons (Fsp3) is 0.647. The van der Waals surface area contributed by atoms with Crippen molar-refractivity contribution in [3.05, 3.63) is 23.8 Å². The Morgan fingerprint density at radius 2 is 2.10 bits per heavy atom. The first-order valence-electron chi connectivity index (χ1n) is 8.20. The maximum absolute atomic E-state index is 9.92. The van der Waals surface area contributed by atoms with Crippen molar-refractivity contribution in [3.63, 3.8) is 0 Å². The summed E-state index contributed by atoms with van der Waals surface area (Å²) in [6, 6.07) is 6.38. The molecule has 0 spiro atoms. The second-order valence-electron chi connectivity index (χ2n) is 6.08. The monoisotopic (exact) mass is 290 g/mol. The van der Waals surface area contributed by atoms with Gasteiger partial charge in [-0.1, -0.05) is 12.5 Å². The first-order chi connectivity index (χ1) is 10.3. The summed E-state index contributed by atoms with van der Waals surface area (Å²) in [5.41, 5.74) is 1.29. The van der Waals surface area contributed by atoms with Gasteiger partial charge in [0, 0.05) is 32.2 Å². The SMILES string of the molecule is CCOc1cc([C@H](C2CCC2)N2CCNCC2)ccc1O. The van der Waals surface area contributed by atoms with Crippen LogP contribution in [-0.2, 0) is 0 Å². The molecular weight excluding hydrogens is 264 g/mol. The third-order valence-electron chi connectivity index (χ3n) is 4.77. The number of phenols is 1.